The molecular weight excluding hydrogens is 246 g/mol. The predicted octanol–water partition coefficient (Wildman–Crippen LogP) is 3.52. The van der Waals surface area contributed by atoms with Gasteiger partial charge in [-0.1, -0.05) is 19.9 Å². The molecule has 2 aromatic rings. The molecule has 0 unspecified atom stereocenters. The maximum Gasteiger partial charge on any atom is 0.142 e. The summed E-state index contributed by atoms with van der Waals surface area (Å²) < 4.78 is 27.0. The number of benzene rings is 1. The zero-order valence-corrected chi connectivity index (χ0v) is 11.0. The van der Waals surface area contributed by atoms with Crippen LogP contribution in [0.5, 0.6) is 0 Å². The molecule has 0 bridgehead atoms. The Morgan fingerprint density at radius 2 is 1.95 bits per heavy atom. The van der Waals surface area contributed by atoms with Crippen LogP contribution < -0.4 is 5.32 Å². The minimum Gasteiger partial charge on any atom is -0.310 e. The Balaban J connectivity index is 2.31. The van der Waals surface area contributed by atoms with Crippen LogP contribution >= 0.6 is 0 Å². The van der Waals surface area contributed by atoms with Crippen molar-refractivity contribution in [3.63, 3.8) is 0 Å². The number of nitrogens with zero attached hydrogens (tertiary/aromatic N) is 1. The first kappa shape index (κ1) is 13.6. The molecule has 1 aromatic carbocycles. The van der Waals surface area contributed by atoms with Gasteiger partial charge in [-0.3, -0.25) is 4.98 Å². The van der Waals surface area contributed by atoms with E-state index in [1.807, 2.05) is 13.8 Å². The second-order valence-corrected chi connectivity index (χ2v) is 4.74. The summed E-state index contributed by atoms with van der Waals surface area (Å²) in [6.07, 6.45) is 2.56. The fraction of sp³-hybridized carbons (Fsp3) is 0.267. The molecule has 1 heterocycles. The fourth-order valence-electron chi connectivity index (χ4n) is 1.78. The van der Waals surface area contributed by atoms with Crippen LogP contribution in [0.15, 0.2) is 36.7 Å². The second-order valence-electron chi connectivity index (χ2n) is 4.74. The number of hydrogen-bond donors (Lipinski definition) is 1. The highest BCUT2D eigenvalue weighted by atomic mass is 19.1. The van der Waals surface area contributed by atoms with Crippen LogP contribution in [0.25, 0.3) is 11.1 Å². The van der Waals surface area contributed by atoms with Gasteiger partial charge in [-0.2, -0.15) is 0 Å². The number of pyridine rings is 1. The van der Waals surface area contributed by atoms with E-state index in [-0.39, 0.29) is 5.82 Å². The summed E-state index contributed by atoms with van der Waals surface area (Å²) in [7, 11) is 0. The first-order chi connectivity index (χ1) is 9.06. The lowest BCUT2D eigenvalue weighted by molar-refractivity contribution is 0.586. The van der Waals surface area contributed by atoms with Gasteiger partial charge >= 0.3 is 0 Å². The van der Waals surface area contributed by atoms with Crippen molar-refractivity contribution in [2.45, 2.75) is 26.4 Å². The number of rotatable bonds is 4. The molecule has 0 amide bonds. The van der Waals surface area contributed by atoms with Crippen molar-refractivity contribution in [1.29, 1.82) is 0 Å². The van der Waals surface area contributed by atoms with Gasteiger partial charge in [0.25, 0.3) is 0 Å². The van der Waals surface area contributed by atoms with Crippen molar-refractivity contribution >= 4 is 0 Å². The lowest BCUT2D eigenvalue weighted by atomic mass is 10.0. The third-order valence-corrected chi connectivity index (χ3v) is 2.76. The van der Waals surface area contributed by atoms with Gasteiger partial charge in [0.1, 0.15) is 11.6 Å². The van der Waals surface area contributed by atoms with Gasteiger partial charge in [-0.25, -0.2) is 8.78 Å². The summed E-state index contributed by atoms with van der Waals surface area (Å²) in [6, 6.07) is 6.48. The summed E-state index contributed by atoms with van der Waals surface area (Å²) in [6.45, 7) is 4.73. The van der Waals surface area contributed by atoms with E-state index in [2.05, 4.69) is 10.3 Å². The molecule has 0 fully saturated rings. The van der Waals surface area contributed by atoms with Crippen molar-refractivity contribution in [2.75, 3.05) is 0 Å². The van der Waals surface area contributed by atoms with Crippen LogP contribution in [0.2, 0.25) is 0 Å². The first-order valence-electron chi connectivity index (χ1n) is 6.19. The van der Waals surface area contributed by atoms with Crippen molar-refractivity contribution in [1.82, 2.24) is 10.3 Å². The quantitative estimate of drug-likeness (QED) is 0.911. The molecule has 2 rings (SSSR count). The first-order valence-corrected chi connectivity index (χ1v) is 6.19. The standard InChI is InChI=1S/C15H16F2N2/c1-10(2)19-7-11-3-4-15(17)14(5-11)12-6-13(16)9-18-8-12/h3-6,8-10,19H,7H2,1-2H3. The number of aromatic nitrogens is 1. The highest BCUT2D eigenvalue weighted by Gasteiger charge is 2.08. The molecule has 1 N–H and O–H groups in total. The molecule has 0 aliphatic heterocycles. The van der Waals surface area contributed by atoms with Gasteiger partial charge in [-0.15, -0.1) is 0 Å². The molecule has 100 valence electrons. The fourth-order valence-corrected chi connectivity index (χ4v) is 1.78. The molecule has 0 saturated heterocycles. The van der Waals surface area contributed by atoms with Gasteiger partial charge in [0.05, 0.1) is 6.20 Å². The van der Waals surface area contributed by atoms with Gasteiger partial charge in [0.15, 0.2) is 0 Å². The van der Waals surface area contributed by atoms with E-state index in [4.69, 9.17) is 0 Å². The SMILES string of the molecule is CC(C)NCc1ccc(F)c(-c2cncc(F)c2)c1. The van der Waals surface area contributed by atoms with E-state index >= 15 is 0 Å². The Kier molecular flexibility index (Phi) is 4.22. The third kappa shape index (κ3) is 3.58. The molecule has 4 heteroatoms. The predicted molar refractivity (Wildman–Crippen MR) is 71.6 cm³/mol. The van der Waals surface area contributed by atoms with E-state index in [0.29, 0.717) is 23.7 Å². The average molecular weight is 262 g/mol. The molecule has 0 saturated carbocycles. The van der Waals surface area contributed by atoms with Gasteiger partial charge in [-0.05, 0) is 23.8 Å². The maximum atomic E-state index is 13.8. The molecule has 2 nitrogen and oxygen atoms in total. The smallest absolute Gasteiger partial charge is 0.142 e. The minimum atomic E-state index is -0.470. The van der Waals surface area contributed by atoms with Crippen LogP contribution in [0, 0.1) is 11.6 Å². The van der Waals surface area contributed by atoms with Gasteiger partial charge in [0.2, 0.25) is 0 Å². The zero-order chi connectivity index (χ0) is 13.8. The normalized spacial score (nSPS) is 11.0. The molecular formula is C15H16F2N2. The lowest BCUT2D eigenvalue weighted by Crippen LogP contribution is -2.21. The third-order valence-electron chi connectivity index (χ3n) is 2.76. The van der Waals surface area contributed by atoms with Crippen molar-refractivity contribution in [3.8, 4) is 11.1 Å². The summed E-state index contributed by atoms with van der Waals surface area (Å²) in [5.41, 5.74) is 1.77. The maximum absolute atomic E-state index is 13.8. The van der Waals surface area contributed by atoms with E-state index < -0.39 is 5.82 Å². The van der Waals surface area contributed by atoms with Crippen LogP contribution in [0.4, 0.5) is 8.78 Å². The summed E-state index contributed by atoms with van der Waals surface area (Å²) >= 11 is 0. The number of hydrogen-bond acceptors (Lipinski definition) is 2. The van der Waals surface area contributed by atoms with E-state index in [0.717, 1.165) is 11.8 Å². The molecule has 0 aliphatic carbocycles. The van der Waals surface area contributed by atoms with Gasteiger partial charge in [0, 0.05) is 29.9 Å². The topological polar surface area (TPSA) is 24.9 Å². The molecule has 0 radical (unpaired) electrons. The lowest BCUT2D eigenvalue weighted by Gasteiger charge is -2.10. The average Bonchev–Trinajstić information content (AvgIpc) is 2.37. The van der Waals surface area contributed by atoms with Crippen LogP contribution in [0.3, 0.4) is 0 Å². The summed E-state index contributed by atoms with van der Waals surface area (Å²) in [4.78, 5) is 3.75. The Morgan fingerprint density at radius 1 is 1.16 bits per heavy atom. The summed E-state index contributed by atoms with van der Waals surface area (Å²) in [5.74, 6) is -0.844. The highest BCUT2D eigenvalue weighted by Crippen LogP contribution is 2.24. The largest absolute Gasteiger partial charge is 0.310 e. The number of nitrogens with one attached hydrogen (secondary N) is 1. The van der Waals surface area contributed by atoms with Crippen molar-refractivity contribution < 1.29 is 8.78 Å². The molecule has 0 atom stereocenters. The Labute approximate surface area is 111 Å². The summed E-state index contributed by atoms with van der Waals surface area (Å²) in [5, 5.41) is 3.26. The Morgan fingerprint density at radius 3 is 2.63 bits per heavy atom. The second kappa shape index (κ2) is 5.89. The van der Waals surface area contributed by atoms with E-state index in [1.165, 1.54) is 18.3 Å². The minimum absolute atomic E-state index is 0.351. The molecule has 19 heavy (non-hydrogen) atoms. The number of halogens is 2. The Hall–Kier alpha value is -1.81. The van der Waals surface area contributed by atoms with Crippen LogP contribution in [-0.2, 0) is 6.54 Å². The van der Waals surface area contributed by atoms with E-state index in [9.17, 15) is 8.78 Å². The van der Waals surface area contributed by atoms with Crippen molar-refractivity contribution in [2.24, 2.45) is 0 Å². The van der Waals surface area contributed by atoms with E-state index in [1.54, 1.807) is 12.1 Å². The molecule has 0 spiro atoms. The molecule has 1 aromatic heterocycles. The Bertz CT molecular complexity index is 568. The zero-order valence-electron chi connectivity index (χ0n) is 11.0. The van der Waals surface area contributed by atoms with Crippen LogP contribution in [-0.4, -0.2) is 11.0 Å². The highest BCUT2D eigenvalue weighted by molar-refractivity contribution is 5.64. The van der Waals surface area contributed by atoms with Crippen molar-refractivity contribution in [3.05, 3.63) is 53.9 Å². The molecule has 0 aliphatic rings. The monoisotopic (exact) mass is 262 g/mol. The van der Waals surface area contributed by atoms with Crippen LogP contribution in [0.1, 0.15) is 19.4 Å². The van der Waals surface area contributed by atoms with Gasteiger partial charge < -0.3 is 5.32 Å².